The van der Waals surface area contributed by atoms with Crippen LogP contribution in [0.25, 0.3) is 0 Å². The smallest absolute Gasteiger partial charge is 0.240 e. The van der Waals surface area contributed by atoms with Gasteiger partial charge in [0.1, 0.15) is 5.75 Å². The predicted octanol–water partition coefficient (Wildman–Crippen LogP) is 3.31. The van der Waals surface area contributed by atoms with Crippen LogP contribution >= 0.6 is 23.2 Å². The van der Waals surface area contributed by atoms with Gasteiger partial charge in [-0.15, -0.1) is 0 Å². The van der Waals surface area contributed by atoms with Crippen LogP contribution in [0.1, 0.15) is 6.42 Å². The number of ether oxygens (including phenoxy) is 1. The van der Waals surface area contributed by atoms with Gasteiger partial charge in [0.05, 0.1) is 12.0 Å². The van der Waals surface area contributed by atoms with E-state index in [1.165, 1.54) is 19.2 Å². The van der Waals surface area contributed by atoms with Gasteiger partial charge in [-0.25, -0.2) is 13.1 Å². The number of hydrogen-bond acceptors (Lipinski definition) is 4. The van der Waals surface area contributed by atoms with Crippen molar-refractivity contribution in [3.8, 4) is 5.75 Å². The summed E-state index contributed by atoms with van der Waals surface area (Å²) in [6.07, 6.45) is -0.0421. The zero-order chi connectivity index (χ0) is 18.4. The van der Waals surface area contributed by atoms with Crippen LogP contribution in [0.15, 0.2) is 47.4 Å². The maximum absolute atomic E-state index is 12.1. The molecule has 0 bridgehead atoms. The highest BCUT2D eigenvalue weighted by Gasteiger charge is 2.14. The first kappa shape index (κ1) is 19.5. The van der Waals surface area contributed by atoms with E-state index in [1.807, 2.05) is 0 Å². The van der Waals surface area contributed by atoms with E-state index in [0.717, 1.165) is 0 Å². The fourth-order valence-electron chi connectivity index (χ4n) is 1.99. The molecule has 0 fully saturated rings. The van der Waals surface area contributed by atoms with Crippen LogP contribution in [-0.2, 0) is 14.8 Å². The minimum absolute atomic E-state index is 0.0421. The number of methoxy groups -OCH3 is 1. The Kier molecular flexibility index (Phi) is 6.66. The molecule has 134 valence electrons. The number of sulfonamides is 1. The van der Waals surface area contributed by atoms with Crippen LogP contribution in [0.5, 0.6) is 5.75 Å². The number of halogens is 2. The molecule has 2 aromatic rings. The zero-order valence-electron chi connectivity index (χ0n) is 13.3. The fourth-order valence-corrected chi connectivity index (χ4v) is 3.54. The van der Waals surface area contributed by atoms with Crippen molar-refractivity contribution in [2.24, 2.45) is 0 Å². The molecule has 0 aliphatic heterocycles. The van der Waals surface area contributed by atoms with Crippen molar-refractivity contribution in [2.45, 2.75) is 11.3 Å². The highest BCUT2D eigenvalue weighted by atomic mass is 35.5. The van der Waals surface area contributed by atoms with Crippen LogP contribution in [0, 0.1) is 0 Å². The number of anilines is 1. The molecule has 0 saturated heterocycles. The average Bonchev–Trinajstić information content (AvgIpc) is 2.53. The molecule has 1 amide bonds. The number of amides is 1. The quantitative estimate of drug-likeness (QED) is 0.743. The summed E-state index contributed by atoms with van der Waals surface area (Å²) in [5.41, 5.74) is 0.445. The van der Waals surface area contributed by atoms with Gasteiger partial charge in [0.15, 0.2) is 0 Å². The Morgan fingerprint density at radius 2 is 1.68 bits per heavy atom. The minimum Gasteiger partial charge on any atom is -0.497 e. The predicted molar refractivity (Wildman–Crippen MR) is 97.9 cm³/mol. The molecule has 0 radical (unpaired) electrons. The van der Waals surface area contributed by atoms with Gasteiger partial charge in [-0.3, -0.25) is 4.79 Å². The molecule has 2 aromatic carbocycles. The number of benzene rings is 2. The van der Waals surface area contributed by atoms with E-state index in [2.05, 4.69) is 10.0 Å². The lowest BCUT2D eigenvalue weighted by molar-refractivity contribution is -0.116. The third-order valence-corrected chi connectivity index (χ3v) is 5.07. The van der Waals surface area contributed by atoms with E-state index >= 15 is 0 Å². The van der Waals surface area contributed by atoms with Gasteiger partial charge < -0.3 is 10.1 Å². The Bertz CT molecular complexity index is 835. The highest BCUT2D eigenvalue weighted by molar-refractivity contribution is 7.89. The van der Waals surface area contributed by atoms with E-state index in [0.29, 0.717) is 21.5 Å². The van der Waals surface area contributed by atoms with E-state index < -0.39 is 10.0 Å². The van der Waals surface area contributed by atoms with Crippen molar-refractivity contribution >= 4 is 44.8 Å². The van der Waals surface area contributed by atoms with E-state index in [-0.39, 0.29) is 23.8 Å². The molecule has 9 heteroatoms. The topological polar surface area (TPSA) is 84.5 Å². The van der Waals surface area contributed by atoms with Gasteiger partial charge in [-0.1, -0.05) is 23.2 Å². The Balaban J connectivity index is 1.89. The molecule has 0 unspecified atom stereocenters. The number of nitrogens with one attached hydrogen (secondary N) is 2. The second-order valence-electron chi connectivity index (χ2n) is 5.03. The summed E-state index contributed by atoms with van der Waals surface area (Å²) in [4.78, 5) is 12.0. The van der Waals surface area contributed by atoms with Gasteiger partial charge in [0.25, 0.3) is 0 Å². The molecule has 0 aromatic heterocycles. The van der Waals surface area contributed by atoms with Crippen molar-refractivity contribution in [1.29, 1.82) is 0 Å². The summed E-state index contributed by atoms with van der Waals surface area (Å²) in [5, 5.41) is 3.39. The molecule has 0 atom stereocenters. The minimum atomic E-state index is -3.69. The van der Waals surface area contributed by atoms with E-state index in [9.17, 15) is 13.2 Å². The lowest BCUT2D eigenvalue weighted by atomic mass is 10.3. The molecule has 0 spiro atoms. The maximum Gasteiger partial charge on any atom is 0.240 e. The Morgan fingerprint density at radius 1 is 1.08 bits per heavy atom. The molecule has 0 saturated carbocycles. The SMILES string of the molecule is COc1ccc(S(=O)(=O)NCCC(=O)Nc2cc(Cl)cc(Cl)c2)cc1. The lowest BCUT2D eigenvalue weighted by Gasteiger charge is -2.09. The fraction of sp³-hybridized carbons (Fsp3) is 0.188. The highest BCUT2D eigenvalue weighted by Crippen LogP contribution is 2.22. The third kappa shape index (κ3) is 5.89. The van der Waals surface area contributed by atoms with Crippen LogP contribution in [0.3, 0.4) is 0 Å². The Hall–Kier alpha value is -1.80. The van der Waals surface area contributed by atoms with Crippen molar-refractivity contribution in [3.05, 3.63) is 52.5 Å². The number of carbonyl (C=O) groups is 1. The second-order valence-corrected chi connectivity index (χ2v) is 7.67. The van der Waals surface area contributed by atoms with Crippen molar-refractivity contribution in [2.75, 3.05) is 19.0 Å². The van der Waals surface area contributed by atoms with Crippen LogP contribution < -0.4 is 14.8 Å². The Morgan fingerprint density at radius 3 is 2.24 bits per heavy atom. The van der Waals surface area contributed by atoms with Crippen molar-refractivity contribution in [3.63, 3.8) is 0 Å². The zero-order valence-corrected chi connectivity index (χ0v) is 15.6. The monoisotopic (exact) mass is 402 g/mol. The number of rotatable bonds is 7. The normalized spacial score (nSPS) is 11.2. The molecule has 25 heavy (non-hydrogen) atoms. The number of carbonyl (C=O) groups excluding carboxylic acids is 1. The molecule has 0 aliphatic carbocycles. The first-order valence-corrected chi connectivity index (χ1v) is 9.44. The van der Waals surface area contributed by atoms with E-state index in [4.69, 9.17) is 27.9 Å². The van der Waals surface area contributed by atoms with Gasteiger partial charge in [0, 0.05) is 28.7 Å². The van der Waals surface area contributed by atoms with Gasteiger partial charge in [0.2, 0.25) is 15.9 Å². The van der Waals surface area contributed by atoms with Crippen molar-refractivity contribution in [1.82, 2.24) is 4.72 Å². The van der Waals surface area contributed by atoms with Gasteiger partial charge >= 0.3 is 0 Å². The Labute approximate surface area is 156 Å². The van der Waals surface area contributed by atoms with Gasteiger partial charge in [-0.2, -0.15) is 0 Å². The summed E-state index contributed by atoms with van der Waals surface area (Å²) in [5.74, 6) is 0.189. The lowest BCUT2D eigenvalue weighted by Crippen LogP contribution is -2.27. The standard InChI is InChI=1S/C16H16Cl2N2O4S/c1-24-14-2-4-15(5-3-14)25(22,23)19-7-6-16(21)20-13-9-11(17)8-12(18)10-13/h2-5,8-10,19H,6-7H2,1H3,(H,20,21). The molecule has 6 nitrogen and oxygen atoms in total. The van der Waals surface area contributed by atoms with Crippen LogP contribution in [-0.4, -0.2) is 28.0 Å². The first-order chi connectivity index (χ1) is 11.8. The third-order valence-electron chi connectivity index (χ3n) is 3.16. The second kappa shape index (κ2) is 8.53. The molecule has 2 rings (SSSR count). The molecule has 0 aliphatic rings. The average molecular weight is 403 g/mol. The molecular weight excluding hydrogens is 387 g/mol. The summed E-state index contributed by atoms with van der Waals surface area (Å²) < 4.78 is 31.6. The summed E-state index contributed by atoms with van der Waals surface area (Å²) in [7, 11) is -2.20. The molecule has 2 N–H and O–H groups in total. The van der Waals surface area contributed by atoms with Gasteiger partial charge in [-0.05, 0) is 42.5 Å². The van der Waals surface area contributed by atoms with Crippen molar-refractivity contribution < 1.29 is 17.9 Å². The molecule has 0 heterocycles. The largest absolute Gasteiger partial charge is 0.497 e. The number of hydrogen-bond donors (Lipinski definition) is 2. The molecular formula is C16H16Cl2N2O4S. The van der Waals surface area contributed by atoms with Crippen LogP contribution in [0.4, 0.5) is 5.69 Å². The summed E-state index contributed by atoms with van der Waals surface area (Å²) >= 11 is 11.7. The summed E-state index contributed by atoms with van der Waals surface area (Å²) in [6, 6.07) is 10.6. The summed E-state index contributed by atoms with van der Waals surface area (Å²) in [6.45, 7) is -0.0471. The van der Waals surface area contributed by atoms with Crippen LogP contribution in [0.2, 0.25) is 10.0 Å². The first-order valence-electron chi connectivity index (χ1n) is 7.20. The maximum atomic E-state index is 12.1. The van der Waals surface area contributed by atoms with E-state index in [1.54, 1.807) is 30.3 Å².